The van der Waals surface area contributed by atoms with Gasteiger partial charge in [-0.25, -0.2) is 9.78 Å². The van der Waals surface area contributed by atoms with E-state index in [0.717, 1.165) is 5.56 Å². The number of aromatic carboxylic acids is 1. The largest absolute Gasteiger partial charge is 0.477 e. The Balaban J connectivity index is 2.27. The van der Waals surface area contributed by atoms with Gasteiger partial charge in [-0.1, -0.05) is 6.92 Å². The molecule has 20 heavy (non-hydrogen) atoms. The van der Waals surface area contributed by atoms with E-state index in [9.17, 15) is 9.90 Å². The van der Waals surface area contributed by atoms with Crippen LogP contribution >= 0.6 is 0 Å². The maximum absolute atomic E-state index is 11.4. The van der Waals surface area contributed by atoms with E-state index >= 15 is 0 Å². The van der Waals surface area contributed by atoms with E-state index in [1.54, 1.807) is 24.5 Å². The van der Waals surface area contributed by atoms with Crippen LogP contribution in [0.4, 0.5) is 0 Å². The van der Waals surface area contributed by atoms with Crippen LogP contribution in [-0.2, 0) is 6.42 Å². The zero-order valence-electron chi connectivity index (χ0n) is 10.7. The Morgan fingerprint density at radius 3 is 2.70 bits per heavy atom. The van der Waals surface area contributed by atoms with Crippen molar-refractivity contribution in [1.29, 1.82) is 0 Å². The van der Waals surface area contributed by atoms with Crippen LogP contribution in [0.3, 0.4) is 0 Å². The second kappa shape index (κ2) is 4.69. The summed E-state index contributed by atoms with van der Waals surface area (Å²) in [4.78, 5) is 23.9. The number of aryl methyl sites for hydroxylation is 1. The van der Waals surface area contributed by atoms with Gasteiger partial charge >= 0.3 is 5.97 Å². The van der Waals surface area contributed by atoms with Crippen LogP contribution in [0, 0.1) is 0 Å². The van der Waals surface area contributed by atoms with E-state index in [1.807, 2.05) is 6.92 Å². The summed E-state index contributed by atoms with van der Waals surface area (Å²) in [6, 6.07) is 5.02. The smallest absolute Gasteiger partial charge is 0.354 e. The molecule has 0 atom stereocenters. The number of carbonyl (C=O) groups is 1. The Bertz CT molecular complexity index is 782. The standard InChI is InChI=1S/C13H11N5O2/c1-2-11-16-13-15-9(8-3-5-14-6-4-8)7-10(12(19)20)18(13)17-11/h3-7H,2H2,1H3,(H,19,20). The molecular formula is C13H11N5O2. The summed E-state index contributed by atoms with van der Waals surface area (Å²) >= 11 is 0. The molecule has 0 saturated carbocycles. The number of rotatable bonds is 3. The van der Waals surface area contributed by atoms with Crippen LogP contribution in [0.15, 0.2) is 30.6 Å². The fraction of sp³-hybridized carbons (Fsp3) is 0.154. The molecule has 0 aliphatic carbocycles. The molecule has 3 heterocycles. The lowest BCUT2D eigenvalue weighted by Crippen LogP contribution is -2.08. The van der Waals surface area contributed by atoms with Crippen molar-refractivity contribution in [1.82, 2.24) is 24.6 Å². The van der Waals surface area contributed by atoms with E-state index in [4.69, 9.17) is 0 Å². The molecule has 1 N–H and O–H groups in total. The molecule has 7 nitrogen and oxygen atoms in total. The first-order chi connectivity index (χ1) is 9.69. The average Bonchev–Trinajstić information content (AvgIpc) is 2.89. The Labute approximate surface area is 114 Å². The highest BCUT2D eigenvalue weighted by Crippen LogP contribution is 2.18. The number of fused-ring (bicyclic) bond motifs is 1. The van der Waals surface area contributed by atoms with Crippen LogP contribution in [-0.4, -0.2) is 35.6 Å². The van der Waals surface area contributed by atoms with E-state index in [-0.39, 0.29) is 11.5 Å². The lowest BCUT2D eigenvalue weighted by molar-refractivity contribution is 0.0687. The maximum atomic E-state index is 11.4. The van der Waals surface area contributed by atoms with Crippen molar-refractivity contribution in [2.24, 2.45) is 0 Å². The predicted molar refractivity (Wildman–Crippen MR) is 70.4 cm³/mol. The highest BCUT2D eigenvalue weighted by molar-refractivity contribution is 5.87. The third-order valence-corrected chi connectivity index (χ3v) is 2.87. The predicted octanol–water partition coefficient (Wildman–Crippen LogP) is 1.45. The molecule has 0 aromatic carbocycles. The van der Waals surface area contributed by atoms with Gasteiger partial charge in [-0.05, 0) is 18.2 Å². The quantitative estimate of drug-likeness (QED) is 0.773. The van der Waals surface area contributed by atoms with Crippen molar-refractivity contribution in [3.8, 4) is 11.3 Å². The minimum absolute atomic E-state index is 0.0361. The average molecular weight is 269 g/mol. The topological polar surface area (TPSA) is 93.3 Å². The summed E-state index contributed by atoms with van der Waals surface area (Å²) < 4.78 is 1.26. The minimum Gasteiger partial charge on any atom is -0.477 e. The summed E-state index contributed by atoms with van der Waals surface area (Å²) in [5, 5.41) is 13.4. The van der Waals surface area contributed by atoms with Gasteiger partial charge in [0.1, 0.15) is 0 Å². The number of pyridine rings is 1. The number of carboxylic acid groups (broad SMARTS) is 1. The number of nitrogens with zero attached hydrogens (tertiary/aromatic N) is 5. The van der Waals surface area contributed by atoms with Crippen LogP contribution in [0.5, 0.6) is 0 Å². The Kier molecular flexibility index (Phi) is 2.86. The van der Waals surface area contributed by atoms with E-state index in [0.29, 0.717) is 17.9 Å². The first-order valence-electron chi connectivity index (χ1n) is 6.09. The molecule has 0 bridgehead atoms. The van der Waals surface area contributed by atoms with Crippen molar-refractivity contribution in [3.63, 3.8) is 0 Å². The van der Waals surface area contributed by atoms with E-state index in [1.165, 1.54) is 10.6 Å². The van der Waals surface area contributed by atoms with Gasteiger partial charge in [0.05, 0.1) is 5.69 Å². The Morgan fingerprint density at radius 1 is 1.30 bits per heavy atom. The Hall–Kier alpha value is -2.83. The van der Waals surface area contributed by atoms with Gasteiger partial charge in [0.15, 0.2) is 11.5 Å². The molecule has 0 amide bonds. The zero-order valence-corrected chi connectivity index (χ0v) is 10.7. The van der Waals surface area contributed by atoms with E-state index < -0.39 is 5.97 Å². The molecular weight excluding hydrogens is 258 g/mol. The first-order valence-corrected chi connectivity index (χ1v) is 6.09. The normalized spacial score (nSPS) is 10.8. The molecule has 0 unspecified atom stereocenters. The van der Waals surface area contributed by atoms with Crippen LogP contribution in [0.1, 0.15) is 23.2 Å². The van der Waals surface area contributed by atoms with E-state index in [2.05, 4.69) is 20.1 Å². The summed E-state index contributed by atoms with van der Waals surface area (Å²) in [5.74, 6) is -0.222. The summed E-state index contributed by atoms with van der Waals surface area (Å²) in [6.45, 7) is 1.90. The van der Waals surface area contributed by atoms with Gasteiger partial charge in [0.2, 0.25) is 0 Å². The summed E-state index contributed by atoms with van der Waals surface area (Å²) in [7, 11) is 0. The molecule has 0 radical (unpaired) electrons. The third-order valence-electron chi connectivity index (χ3n) is 2.87. The second-order valence-corrected chi connectivity index (χ2v) is 4.16. The van der Waals surface area contributed by atoms with Gasteiger partial charge in [-0.2, -0.15) is 9.50 Å². The molecule has 3 aromatic rings. The third kappa shape index (κ3) is 1.99. The summed E-state index contributed by atoms with van der Waals surface area (Å²) in [6.07, 6.45) is 3.87. The van der Waals surface area contributed by atoms with Gasteiger partial charge in [-0.3, -0.25) is 4.98 Å². The fourth-order valence-corrected chi connectivity index (χ4v) is 1.88. The number of hydrogen-bond donors (Lipinski definition) is 1. The number of carboxylic acids is 1. The monoisotopic (exact) mass is 269 g/mol. The zero-order chi connectivity index (χ0) is 14.1. The fourth-order valence-electron chi connectivity index (χ4n) is 1.88. The van der Waals surface area contributed by atoms with Crippen molar-refractivity contribution < 1.29 is 9.90 Å². The molecule has 3 rings (SSSR count). The van der Waals surface area contributed by atoms with Crippen molar-refractivity contribution >= 4 is 11.7 Å². The SMILES string of the molecule is CCc1nc2nc(-c3ccncc3)cc(C(=O)O)n2n1. The first kappa shape index (κ1) is 12.2. The maximum Gasteiger partial charge on any atom is 0.354 e. The highest BCUT2D eigenvalue weighted by Gasteiger charge is 2.16. The lowest BCUT2D eigenvalue weighted by atomic mass is 10.2. The van der Waals surface area contributed by atoms with Crippen LogP contribution in [0.2, 0.25) is 0 Å². The van der Waals surface area contributed by atoms with Crippen molar-refractivity contribution in [2.45, 2.75) is 13.3 Å². The lowest BCUT2D eigenvalue weighted by Gasteiger charge is -2.03. The minimum atomic E-state index is -1.07. The molecule has 7 heteroatoms. The second-order valence-electron chi connectivity index (χ2n) is 4.16. The van der Waals surface area contributed by atoms with Crippen molar-refractivity contribution in [3.05, 3.63) is 42.1 Å². The number of aromatic nitrogens is 5. The molecule has 0 aliphatic heterocycles. The molecule has 0 spiro atoms. The molecule has 0 saturated heterocycles. The highest BCUT2D eigenvalue weighted by atomic mass is 16.4. The Morgan fingerprint density at radius 2 is 2.05 bits per heavy atom. The number of hydrogen-bond acceptors (Lipinski definition) is 5. The van der Waals surface area contributed by atoms with Gasteiger partial charge in [0.25, 0.3) is 5.78 Å². The van der Waals surface area contributed by atoms with Crippen LogP contribution in [0.25, 0.3) is 17.0 Å². The van der Waals surface area contributed by atoms with Gasteiger partial charge in [-0.15, -0.1) is 5.10 Å². The van der Waals surface area contributed by atoms with Gasteiger partial charge in [0, 0.05) is 24.4 Å². The molecule has 0 aliphatic rings. The molecule has 100 valence electrons. The summed E-state index contributed by atoms with van der Waals surface area (Å²) in [5.41, 5.74) is 1.35. The molecule has 0 fully saturated rings. The van der Waals surface area contributed by atoms with Crippen LogP contribution < -0.4 is 0 Å². The van der Waals surface area contributed by atoms with Crippen molar-refractivity contribution in [2.75, 3.05) is 0 Å². The van der Waals surface area contributed by atoms with Gasteiger partial charge < -0.3 is 5.11 Å². The molecule has 3 aromatic heterocycles.